The Bertz CT molecular complexity index is 2030. The monoisotopic (exact) mass is 834 g/mol. The summed E-state index contributed by atoms with van der Waals surface area (Å²) in [6.07, 6.45) is 17.0. The Morgan fingerprint density at radius 3 is 2.37 bits per heavy atom. The van der Waals surface area contributed by atoms with Gasteiger partial charge in [-0.1, -0.05) is 76.1 Å². The summed E-state index contributed by atoms with van der Waals surface area (Å²) >= 11 is 1.54. The van der Waals surface area contributed by atoms with E-state index in [2.05, 4.69) is 65.0 Å². The Kier molecular flexibility index (Phi) is 11.7. The molecule has 60 heavy (non-hydrogen) atoms. The van der Waals surface area contributed by atoms with Gasteiger partial charge in [-0.15, -0.1) is 11.3 Å². The molecule has 6 nitrogen and oxygen atoms in total. The molecule has 0 radical (unpaired) electrons. The highest BCUT2D eigenvalue weighted by molar-refractivity contribution is 7.21. The van der Waals surface area contributed by atoms with E-state index in [0.29, 0.717) is 54.0 Å². The predicted octanol–water partition coefficient (Wildman–Crippen LogP) is 12.3. The van der Waals surface area contributed by atoms with E-state index in [1.165, 1.54) is 61.9 Å². The molecule has 6 fully saturated rings. The Balaban J connectivity index is 1.09. The molecule has 2 aromatic carbocycles. The zero-order valence-electron chi connectivity index (χ0n) is 37.1. The normalized spacial score (nSPS) is 36.6. The summed E-state index contributed by atoms with van der Waals surface area (Å²) in [6.45, 7) is 12.2. The molecule has 1 heterocycles. The minimum atomic E-state index is -1.19. The van der Waals surface area contributed by atoms with E-state index in [9.17, 15) is 15.0 Å². The number of carbonyl (C=O) groups is 2. The maximum absolute atomic E-state index is 15.0. The number of rotatable bonds is 8. The van der Waals surface area contributed by atoms with E-state index in [-0.39, 0.29) is 35.9 Å². The molecule has 1 amide bonds. The van der Waals surface area contributed by atoms with Crippen molar-refractivity contribution in [2.75, 3.05) is 13.1 Å². The molecule has 0 spiro atoms. The minimum Gasteiger partial charge on any atom is -0.446 e. The van der Waals surface area contributed by atoms with E-state index >= 15 is 4.79 Å². The van der Waals surface area contributed by atoms with Crippen molar-refractivity contribution in [1.82, 2.24) is 4.90 Å². The number of carbonyl (C=O) groups excluding carboxylic acids is 2. The number of fused-ring (bicyclic) bond motifs is 9. The molecular formula is C53H71NO5S. The molecular weight excluding hydrogens is 763 g/mol. The highest BCUT2D eigenvalue weighted by atomic mass is 32.1. The molecule has 2 N–H and O–H groups in total. The number of ether oxygens (including phenoxy) is 1. The van der Waals surface area contributed by atoms with Gasteiger partial charge in [0.15, 0.2) is 0 Å². The Morgan fingerprint density at radius 1 is 0.917 bits per heavy atom. The summed E-state index contributed by atoms with van der Waals surface area (Å²) in [5, 5.41) is 25.8. The highest BCUT2D eigenvalue weighted by Crippen LogP contribution is 2.62. The van der Waals surface area contributed by atoms with E-state index in [1.807, 2.05) is 29.2 Å². The highest BCUT2D eigenvalue weighted by Gasteiger charge is 2.59. The second-order valence-electron chi connectivity index (χ2n) is 21.9. The van der Waals surface area contributed by atoms with Gasteiger partial charge in [-0.2, -0.15) is 0 Å². The predicted molar refractivity (Wildman–Crippen MR) is 242 cm³/mol. The fraction of sp³-hybridized carbons (Fsp3) is 0.660. The van der Waals surface area contributed by atoms with Crippen LogP contribution in [0.4, 0.5) is 4.79 Å². The Morgan fingerprint density at radius 2 is 1.65 bits per heavy atom. The molecule has 3 aromatic rings. The van der Waals surface area contributed by atoms with Gasteiger partial charge in [0, 0.05) is 22.2 Å². The fourth-order valence-electron chi connectivity index (χ4n) is 14.3. The standard InChI is InChI=1S/C53H71NO5S/c1-33(2)42-16-13-35(4)21-46(42)59-50(57)54(31-52-28-37-22-38(29-52)24-39(23-37)30-52)32-53(58)20-18-45-43-17-14-36(25-41(55)15-12-34(3)9-8-19-51(45,53)5)26-44(43)49(56)48-27-40-10-6-7-11-47(40)60-48/h6-7,9-11,14,17,26-27,33,35,37-39,41-42,45-46,55,58H,8,12-13,15-16,18-25,28-32H2,1-5H3. The SMILES string of the molecule is CC1=CCCC2(C)C(CCC2(O)CN(CC23CC4CC(CC(C4)C2)C3)C(=O)OC2CC(C)CCC2C(C)C)c2ccc(cc2C(=O)c2cc3ccccc3s2)CC(O)CC1. The molecule has 7 unspecified atom stereocenters. The van der Waals surface area contributed by atoms with Crippen molar-refractivity contribution in [2.45, 2.75) is 161 Å². The fourth-order valence-corrected chi connectivity index (χ4v) is 15.3. The number of aliphatic hydroxyl groups is 2. The van der Waals surface area contributed by atoms with Crippen LogP contribution in [0, 0.1) is 46.3 Å². The van der Waals surface area contributed by atoms with E-state index in [1.54, 1.807) is 0 Å². The van der Waals surface area contributed by atoms with Crippen molar-refractivity contribution >= 4 is 33.3 Å². The van der Waals surface area contributed by atoms with Gasteiger partial charge in [0.05, 0.1) is 23.1 Å². The molecule has 0 aliphatic heterocycles. The maximum atomic E-state index is 15.0. The molecule has 11 rings (SSSR count). The number of allylic oxidation sites excluding steroid dienone is 2. The van der Waals surface area contributed by atoms with Gasteiger partial charge in [0.25, 0.3) is 0 Å². The third kappa shape index (κ3) is 8.18. The average Bonchev–Trinajstić information content (AvgIpc) is 3.74. The van der Waals surface area contributed by atoms with Crippen LogP contribution in [-0.4, -0.2) is 57.9 Å². The number of thiophene rings is 1. The number of hydrogen-bond acceptors (Lipinski definition) is 6. The molecule has 6 saturated carbocycles. The second kappa shape index (κ2) is 16.6. The summed E-state index contributed by atoms with van der Waals surface area (Å²) < 4.78 is 7.83. The average molecular weight is 834 g/mol. The molecule has 8 aliphatic carbocycles. The minimum absolute atomic E-state index is 0.0107. The van der Waals surface area contributed by atoms with Gasteiger partial charge in [-0.3, -0.25) is 4.79 Å². The molecule has 324 valence electrons. The van der Waals surface area contributed by atoms with E-state index in [4.69, 9.17) is 4.74 Å². The van der Waals surface area contributed by atoms with Crippen LogP contribution < -0.4 is 0 Å². The van der Waals surface area contributed by atoms with E-state index < -0.39 is 17.1 Å². The first kappa shape index (κ1) is 42.3. The lowest BCUT2D eigenvalue weighted by Crippen LogP contribution is -2.58. The van der Waals surface area contributed by atoms with Gasteiger partial charge in [-0.25, -0.2) is 4.79 Å². The summed E-state index contributed by atoms with van der Waals surface area (Å²) in [5.41, 5.74) is 2.16. The van der Waals surface area contributed by atoms with Crippen LogP contribution in [0.5, 0.6) is 0 Å². The largest absolute Gasteiger partial charge is 0.446 e. The molecule has 0 saturated heterocycles. The molecule has 1 aromatic heterocycles. The summed E-state index contributed by atoms with van der Waals surface area (Å²) in [5.74, 6) is 3.48. The van der Waals surface area contributed by atoms with Crippen LogP contribution >= 0.6 is 11.3 Å². The number of benzene rings is 2. The van der Waals surface area contributed by atoms with Gasteiger partial charge in [0.1, 0.15) is 6.10 Å². The first-order valence-corrected chi connectivity index (χ1v) is 24.7. The van der Waals surface area contributed by atoms with Crippen LogP contribution in [0.15, 0.2) is 60.2 Å². The summed E-state index contributed by atoms with van der Waals surface area (Å²) in [7, 11) is 0. The lowest BCUT2D eigenvalue weighted by Gasteiger charge is -2.58. The third-order valence-electron chi connectivity index (χ3n) is 17.2. The number of nitrogens with zero attached hydrogens (tertiary/aromatic N) is 1. The molecule has 6 bridgehead atoms. The number of amides is 1. The molecule has 7 atom stereocenters. The van der Waals surface area contributed by atoms with E-state index in [0.717, 1.165) is 77.5 Å². The number of ketones is 1. The van der Waals surface area contributed by atoms with Crippen LogP contribution in [-0.2, 0) is 11.2 Å². The molecule has 8 aliphatic rings. The zero-order valence-corrected chi connectivity index (χ0v) is 37.9. The van der Waals surface area contributed by atoms with Crippen LogP contribution in [0.2, 0.25) is 0 Å². The lowest BCUT2D eigenvalue weighted by atomic mass is 9.49. The smallest absolute Gasteiger partial charge is 0.410 e. The zero-order chi connectivity index (χ0) is 42.0. The second-order valence-corrected chi connectivity index (χ2v) is 23.0. The summed E-state index contributed by atoms with van der Waals surface area (Å²) in [6, 6.07) is 16.5. The van der Waals surface area contributed by atoms with Crippen molar-refractivity contribution in [3.05, 3.63) is 81.7 Å². The molecule has 7 heteroatoms. The van der Waals surface area contributed by atoms with Crippen LogP contribution in [0.3, 0.4) is 0 Å². The van der Waals surface area contributed by atoms with Gasteiger partial charge in [0.2, 0.25) is 5.78 Å². The van der Waals surface area contributed by atoms with Crippen molar-refractivity contribution in [2.24, 2.45) is 46.3 Å². The van der Waals surface area contributed by atoms with Crippen molar-refractivity contribution in [3.8, 4) is 0 Å². The van der Waals surface area contributed by atoms with Crippen LogP contribution in [0.25, 0.3) is 10.1 Å². The quantitative estimate of drug-likeness (QED) is 0.174. The first-order chi connectivity index (χ1) is 28.7. The van der Waals surface area contributed by atoms with Crippen molar-refractivity contribution in [1.29, 1.82) is 0 Å². The van der Waals surface area contributed by atoms with Crippen LogP contribution in [0.1, 0.15) is 163 Å². The van der Waals surface area contributed by atoms with Gasteiger partial charge >= 0.3 is 6.09 Å². The number of hydrogen-bond donors (Lipinski definition) is 2. The Labute approximate surface area is 363 Å². The lowest BCUT2D eigenvalue weighted by molar-refractivity contribution is -0.108. The summed E-state index contributed by atoms with van der Waals surface area (Å²) in [4.78, 5) is 32.6. The topological polar surface area (TPSA) is 87.1 Å². The maximum Gasteiger partial charge on any atom is 0.410 e. The van der Waals surface area contributed by atoms with Crippen molar-refractivity contribution in [3.63, 3.8) is 0 Å². The van der Waals surface area contributed by atoms with Crippen molar-refractivity contribution < 1.29 is 24.5 Å². The number of aliphatic hydroxyl groups excluding tert-OH is 1. The Hall–Kier alpha value is -3.00. The third-order valence-corrected chi connectivity index (χ3v) is 18.3. The van der Waals surface area contributed by atoms with Gasteiger partial charge < -0.3 is 19.8 Å². The van der Waals surface area contributed by atoms with Gasteiger partial charge in [-0.05, 0) is 185 Å². The first-order valence-electron chi connectivity index (χ1n) is 23.9.